The molecule has 0 radical (unpaired) electrons. The monoisotopic (exact) mass is 343 g/mol. The number of halogens is 1. The summed E-state index contributed by atoms with van der Waals surface area (Å²) >= 11 is 1.43. The van der Waals surface area contributed by atoms with E-state index in [1.807, 2.05) is 24.3 Å². The third-order valence-electron chi connectivity index (χ3n) is 4.56. The fourth-order valence-electron chi connectivity index (χ4n) is 3.39. The lowest BCUT2D eigenvalue weighted by atomic mass is 9.97. The molecule has 0 spiro atoms. The molecule has 4 nitrogen and oxygen atoms in total. The van der Waals surface area contributed by atoms with E-state index < -0.39 is 0 Å². The minimum absolute atomic E-state index is 0.0326. The highest BCUT2D eigenvalue weighted by Crippen LogP contribution is 2.34. The van der Waals surface area contributed by atoms with Gasteiger partial charge in [-0.05, 0) is 48.9 Å². The van der Waals surface area contributed by atoms with Crippen LogP contribution in [0.1, 0.15) is 40.5 Å². The number of rotatable bonds is 2. The molecule has 1 aliphatic heterocycles. The first-order chi connectivity index (χ1) is 11.6. The maximum atomic E-state index is 13.4. The fraction of sp³-hybridized carbons (Fsp3) is 0.333. The quantitative estimate of drug-likeness (QED) is 0.701. The number of hydrogen-bond acceptors (Lipinski definition) is 3. The number of benzene rings is 1. The number of fused-ring (bicyclic) bond motifs is 1. The summed E-state index contributed by atoms with van der Waals surface area (Å²) in [6.45, 7) is 0.751. The van der Waals surface area contributed by atoms with Gasteiger partial charge in [0, 0.05) is 30.1 Å². The van der Waals surface area contributed by atoms with Crippen molar-refractivity contribution in [3.63, 3.8) is 0 Å². The smallest absolute Gasteiger partial charge is 0.264 e. The second-order valence-electron chi connectivity index (χ2n) is 6.25. The lowest BCUT2D eigenvalue weighted by Crippen LogP contribution is -2.38. The molecule has 1 aromatic carbocycles. The van der Waals surface area contributed by atoms with Gasteiger partial charge in [0.25, 0.3) is 5.91 Å². The topological polar surface area (TPSA) is 38.1 Å². The van der Waals surface area contributed by atoms with Gasteiger partial charge in [-0.25, -0.2) is 4.39 Å². The molecule has 1 saturated heterocycles. The van der Waals surface area contributed by atoms with Gasteiger partial charge in [-0.2, -0.15) is 5.10 Å². The van der Waals surface area contributed by atoms with E-state index in [-0.39, 0.29) is 17.8 Å². The van der Waals surface area contributed by atoms with Crippen molar-refractivity contribution >= 4 is 27.3 Å². The van der Waals surface area contributed by atoms with Crippen molar-refractivity contribution in [1.82, 2.24) is 14.7 Å². The molecule has 124 valence electrons. The average Bonchev–Trinajstić information content (AvgIpc) is 3.20. The van der Waals surface area contributed by atoms with E-state index in [9.17, 15) is 9.18 Å². The number of piperidine rings is 1. The van der Waals surface area contributed by atoms with Crippen LogP contribution in [0.5, 0.6) is 0 Å². The molecule has 0 aliphatic carbocycles. The molecule has 3 aromatic rings. The van der Waals surface area contributed by atoms with Gasteiger partial charge in [-0.15, -0.1) is 11.3 Å². The Kier molecular flexibility index (Phi) is 3.84. The Morgan fingerprint density at radius 1 is 1.33 bits per heavy atom. The van der Waals surface area contributed by atoms with Crippen LogP contribution in [0.4, 0.5) is 4.39 Å². The average molecular weight is 343 g/mol. The van der Waals surface area contributed by atoms with Crippen LogP contribution in [0.3, 0.4) is 0 Å². The Labute approximate surface area is 143 Å². The number of aromatic nitrogens is 2. The van der Waals surface area contributed by atoms with Gasteiger partial charge in [0.2, 0.25) is 0 Å². The number of carbonyl (C=O) groups is 1. The van der Waals surface area contributed by atoms with Crippen LogP contribution in [-0.4, -0.2) is 27.1 Å². The maximum absolute atomic E-state index is 13.4. The first kappa shape index (κ1) is 15.3. The number of carbonyl (C=O) groups excluding carboxylic acids is 1. The molecule has 0 saturated carbocycles. The van der Waals surface area contributed by atoms with Crippen molar-refractivity contribution in [3.8, 4) is 0 Å². The van der Waals surface area contributed by atoms with Crippen molar-refractivity contribution in [3.05, 3.63) is 52.9 Å². The Bertz CT molecular complexity index is 901. The first-order valence-corrected chi connectivity index (χ1v) is 8.92. The predicted molar refractivity (Wildman–Crippen MR) is 92.6 cm³/mol. The highest BCUT2D eigenvalue weighted by atomic mass is 32.1. The molecule has 1 fully saturated rings. The maximum Gasteiger partial charge on any atom is 0.264 e. The Morgan fingerprint density at radius 3 is 3.00 bits per heavy atom. The summed E-state index contributed by atoms with van der Waals surface area (Å²) in [6, 6.07) is 6.53. The van der Waals surface area contributed by atoms with E-state index >= 15 is 0 Å². The van der Waals surface area contributed by atoms with Crippen LogP contribution in [0.2, 0.25) is 0 Å². The third-order valence-corrected chi connectivity index (χ3v) is 5.67. The zero-order valence-corrected chi connectivity index (χ0v) is 14.2. The van der Waals surface area contributed by atoms with Crippen molar-refractivity contribution in [2.75, 3.05) is 6.54 Å². The van der Waals surface area contributed by atoms with Crippen molar-refractivity contribution in [2.45, 2.75) is 25.3 Å². The van der Waals surface area contributed by atoms with Crippen molar-refractivity contribution in [1.29, 1.82) is 0 Å². The molecule has 2 aromatic heterocycles. The third kappa shape index (κ3) is 2.71. The second-order valence-corrected chi connectivity index (χ2v) is 7.33. The molecule has 1 aliphatic rings. The zero-order valence-electron chi connectivity index (χ0n) is 13.4. The normalized spacial score (nSPS) is 18.2. The summed E-state index contributed by atoms with van der Waals surface area (Å²) in [5.74, 6) is -0.240. The van der Waals surface area contributed by atoms with E-state index in [1.54, 1.807) is 16.8 Å². The van der Waals surface area contributed by atoms with Crippen LogP contribution in [-0.2, 0) is 7.05 Å². The molecule has 1 atom stereocenters. The molecule has 4 rings (SSSR count). The second kappa shape index (κ2) is 6.02. The van der Waals surface area contributed by atoms with Crippen molar-refractivity contribution in [2.24, 2.45) is 7.05 Å². The SMILES string of the molecule is Cn1cc([C@H]2CCCCN2C(=O)c2cc3cc(F)ccc3s2)cn1. The van der Waals surface area contributed by atoms with Crippen LogP contribution >= 0.6 is 11.3 Å². The summed E-state index contributed by atoms with van der Waals surface area (Å²) in [7, 11) is 1.89. The number of likely N-dealkylation sites (tertiary alicyclic amines) is 1. The van der Waals surface area contributed by atoms with E-state index in [4.69, 9.17) is 0 Å². The summed E-state index contributed by atoms with van der Waals surface area (Å²) in [5.41, 5.74) is 1.08. The van der Waals surface area contributed by atoms with Gasteiger partial charge in [-0.1, -0.05) is 0 Å². The first-order valence-electron chi connectivity index (χ1n) is 8.10. The molecule has 24 heavy (non-hydrogen) atoms. The minimum Gasteiger partial charge on any atom is -0.331 e. The molecule has 0 unspecified atom stereocenters. The Hall–Kier alpha value is -2.21. The fourth-order valence-corrected chi connectivity index (χ4v) is 4.39. The molecular weight excluding hydrogens is 325 g/mol. The summed E-state index contributed by atoms with van der Waals surface area (Å²) < 4.78 is 16.1. The van der Waals surface area contributed by atoms with Crippen LogP contribution in [0.15, 0.2) is 36.7 Å². The minimum atomic E-state index is -0.273. The van der Waals surface area contributed by atoms with Crippen LogP contribution in [0.25, 0.3) is 10.1 Å². The number of hydrogen-bond donors (Lipinski definition) is 0. The molecule has 1 amide bonds. The number of thiophene rings is 1. The van der Waals surface area contributed by atoms with Gasteiger partial charge in [0.15, 0.2) is 0 Å². The van der Waals surface area contributed by atoms with Gasteiger partial charge >= 0.3 is 0 Å². The molecule has 3 heterocycles. The highest BCUT2D eigenvalue weighted by molar-refractivity contribution is 7.20. The van der Waals surface area contributed by atoms with Gasteiger partial charge in [0.05, 0.1) is 17.1 Å². The van der Waals surface area contributed by atoms with E-state index in [2.05, 4.69) is 5.10 Å². The number of nitrogens with zero attached hydrogens (tertiary/aromatic N) is 3. The molecule has 0 N–H and O–H groups in total. The van der Waals surface area contributed by atoms with Gasteiger partial charge in [-0.3, -0.25) is 9.48 Å². The van der Waals surface area contributed by atoms with E-state index in [1.165, 1.54) is 23.5 Å². The number of amides is 1. The zero-order chi connectivity index (χ0) is 16.7. The van der Waals surface area contributed by atoms with Gasteiger partial charge in [0.1, 0.15) is 5.82 Å². The lowest BCUT2D eigenvalue weighted by molar-refractivity contribution is 0.0616. The van der Waals surface area contributed by atoms with E-state index in [0.717, 1.165) is 41.5 Å². The summed E-state index contributed by atoms with van der Waals surface area (Å²) in [4.78, 5) is 15.7. The molecule has 0 bridgehead atoms. The lowest BCUT2D eigenvalue weighted by Gasteiger charge is -2.35. The van der Waals surface area contributed by atoms with Crippen LogP contribution in [0, 0.1) is 5.82 Å². The number of aryl methyl sites for hydroxylation is 1. The largest absolute Gasteiger partial charge is 0.331 e. The highest BCUT2D eigenvalue weighted by Gasteiger charge is 2.30. The van der Waals surface area contributed by atoms with E-state index in [0.29, 0.717) is 4.88 Å². The van der Waals surface area contributed by atoms with Crippen LogP contribution < -0.4 is 0 Å². The Morgan fingerprint density at radius 2 is 2.21 bits per heavy atom. The predicted octanol–water partition coefficient (Wildman–Crippen LogP) is 4.14. The standard InChI is InChI=1S/C18H18FN3OS/c1-21-11-13(10-20-21)15-4-2-3-7-22(15)18(23)17-9-12-8-14(19)5-6-16(12)24-17/h5-6,8-11,15H,2-4,7H2,1H3/t15-/m1/s1. The van der Waals surface area contributed by atoms with Crippen molar-refractivity contribution < 1.29 is 9.18 Å². The molecular formula is C18H18FN3OS. The Balaban J connectivity index is 1.67. The summed E-state index contributed by atoms with van der Waals surface area (Å²) in [6.07, 6.45) is 6.91. The summed E-state index contributed by atoms with van der Waals surface area (Å²) in [5, 5.41) is 5.03. The molecule has 6 heteroatoms. The van der Waals surface area contributed by atoms with Gasteiger partial charge < -0.3 is 4.90 Å².